The number of hydrogen-bond acceptors (Lipinski definition) is 1. The maximum atomic E-state index is 13.6. The fourth-order valence-corrected chi connectivity index (χ4v) is 1.66. The zero-order valence-electron chi connectivity index (χ0n) is 10.5. The normalized spacial score (nSPS) is 15.1. The van der Waals surface area contributed by atoms with Crippen LogP contribution in [0.25, 0.3) is 0 Å². The number of benzene rings is 1. The Morgan fingerprint density at radius 1 is 0.905 bits per heavy atom. The molecular formula is C12H10F8O. The van der Waals surface area contributed by atoms with E-state index in [0.29, 0.717) is 0 Å². The first-order chi connectivity index (χ1) is 9.42. The van der Waals surface area contributed by atoms with Gasteiger partial charge in [0.15, 0.2) is 0 Å². The zero-order valence-corrected chi connectivity index (χ0v) is 10.5. The summed E-state index contributed by atoms with van der Waals surface area (Å²) < 4.78 is 106. The Bertz CT molecular complexity index is 448. The largest absolute Gasteiger partial charge is 0.431 e. The highest BCUT2D eigenvalue weighted by atomic mass is 19.4. The molecule has 21 heavy (non-hydrogen) atoms. The number of alkyl halides is 7. The van der Waals surface area contributed by atoms with E-state index in [9.17, 15) is 35.1 Å². The number of hydrogen-bond donors (Lipinski definition) is 0. The van der Waals surface area contributed by atoms with E-state index in [2.05, 4.69) is 4.74 Å². The van der Waals surface area contributed by atoms with E-state index in [-0.39, 0.29) is 5.56 Å². The van der Waals surface area contributed by atoms with Crippen LogP contribution in [0.4, 0.5) is 35.1 Å². The van der Waals surface area contributed by atoms with Crippen LogP contribution in [0, 0.1) is 5.82 Å². The summed E-state index contributed by atoms with van der Waals surface area (Å²) in [4.78, 5) is 0. The van der Waals surface area contributed by atoms with Gasteiger partial charge in [0.1, 0.15) is 5.82 Å². The molecule has 0 aliphatic heterocycles. The first kappa shape index (κ1) is 17.7. The molecule has 0 heterocycles. The third-order valence-corrected chi connectivity index (χ3v) is 2.89. The van der Waals surface area contributed by atoms with Crippen molar-refractivity contribution in [3.8, 4) is 0 Å². The van der Waals surface area contributed by atoms with Crippen LogP contribution >= 0.6 is 0 Å². The van der Waals surface area contributed by atoms with Crippen LogP contribution in [0.2, 0.25) is 0 Å². The van der Waals surface area contributed by atoms with Crippen LogP contribution in [0.1, 0.15) is 18.1 Å². The van der Waals surface area contributed by atoms with Crippen molar-refractivity contribution in [3.05, 3.63) is 35.6 Å². The molecule has 1 nitrogen and oxygen atoms in total. The minimum atomic E-state index is -6.15. The summed E-state index contributed by atoms with van der Waals surface area (Å²) in [6.45, 7) is 0. The molecule has 0 fully saturated rings. The zero-order chi connectivity index (χ0) is 16.5. The molecule has 1 rings (SSSR count). The van der Waals surface area contributed by atoms with Gasteiger partial charge in [-0.15, -0.1) is 0 Å². The van der Waals surface area contributed by atoms with Crippen LogP contribution in [0.5, 0.6) is 0 Å². The average molecular weight is 322 g/mol. The molecule has 120 valence electrons. The van der Waals surface area contributed by atoms with Crippen LogP contribution in [0.3, 0.4) is 0 Å². The Kier molecular flexibility index (Phi) is 4.87. The monoisotopic (exact) mass is 322 g/mol. The summed E-state index contributed by atoms with van der Waals surface area (Å²) in [6.07, 6.45) is -16.1. The molecule has 1 aromatic carbocycles. The Labute approximate surface area is 114 Å². The summed E-state index contributed by atoms with van der Waals surface area (Å²) >= 11 is 0. The number of rotatable bonds is 4. The second-order valence-electron chi connectivity index (χ2n) is 4.28. The van der Waals surface area contributed by atoms with Crippen molar-refractivity contribution in [1.82, 2.24) is 0 Å². The number of methoxy groups -OCH3 is 1. The molecule has 0 amide bonds. The Hall–Kier alpha value is -1.38. The van der Waals surface area contributed by atoms with Gasteiger partial charge in [-0.25, -0.2) is 8.78 Å². The highest BCUT2D eigenvalue weighted by Gasteiger charge is 2.72. The van der Waals surface area contributed by atoms with Gasteiger partial charge in [0, 0.05) is 13.5 Å². The molecule has 0 N–H and O–H groups in total. The first-order valence-electron chi connectivity index (χ1n) is 5.53. The van der Waals surface area contributed by atoms with Gasteiger partial charge in [-0.2, -0.15) is 26.3 Å². The van der Waals surface area contributed by atoms with Crippen molar-refractivity contribution in [1.29, 1.82) is 0 Å². The fourth-order valence-electron chi connectivity index (χ4n) is 1.66. The van der Waals surface area contributed by atoms with E-state index < -0.39 is 36.4 Å². The maximum absolute atomic E-state index is 13.6. The lowest BCUT2D eigenvalue weighted by molar-refractivity contribution is -0.348. The van der Waals surface area contributed by atoms with Gasteiger partial charge in [0.2, 0.25) is 0 Å². The smallest absolute Gasteiger partial charge is 0.377 e. The predicted octanol–water partition coefficient (Wildman–Crippen LogP) is 4.74. The highest BCUT2D eigenvalue weighted by molar-refractivity contribution is 5.20. The van der Waals surface area contributed by atoms with Crippen LogP contribution in [-0.2, 0) is 4.74 Å². The lowest BCUT2D eigenvalue weighted by Crippen LogP contribution is -2.54. The molecule has 0 bridgehead atoms. The Balaban J connectivity index is 3.15. The molecular weight excluding hydrogens is 312 g/mol. The van der Waals surface area contributed by atoms with Crippen molar-refractivity contribution >= 4 is 0 Å². The molecule has 0 aromatic heterocycles. The van der Waals surface area contributed by atoms with Gasteiger partial charge in [-0.05, 0) is 17.7 Å². The minimum absolute atomic E-state index is 0.200. The molecule has 1 unspecified atom stereocenters. The van der Waals surface area contributed by atoms with E-state index in [1.807, 2.05) is 0 Å². The highest BCUT2D eigenvalue weighted by Crippen LogP contribution is 2.51. The third-order valence-electron chi connectivity index (χ3n) is 2.89. The maximum Gasteiger partial charge on any atom is 0.431 e. The van der Waals surface area contributed by atoms with Gasteiger partial charge in [-0.1, -0.05) is 12.1 Å². The van der Waals surface area contributed by atoms with Gasteiger partial charge in [0.25, 0.3) is 0 Å². The van der Waals surface area contributed by atoms with Crippen molar-refractivity contribution in [2.45, 2.75) is 30.5 Å². The summed E-state index contributed by atoms with van der Waals surface area (Å²) in [5.41, 5.74) is -5.62. The number of ether oxygens (including phenoxy) is 1. The van der Waals surface area contributed by atoms with Gasteiger partial charge in [0.05, 0.1) is 6.10 Å². The second kappa shape index (κ2) is 5.78. The summed E-state index contributed by atoms with van der Waals surface area (Å²) in [5, 5.41) is 0. The summed E-state index contributed by atoms with van der Waals surface area (Å²) in [7, 11) is 0.835. The van der Waals surface area contributed by atoms with Crippen molar-refractivity contribution in [2.24, 2.45) is 0 Å². The lowest BCUT2D eigenvalue weighted by Gasteiger charge is -2.32. The van der Waals surface area contributed by atoms with Crippen LogP contribution in [0.15, 0.2) is 24.3 Å². The van der Waals surface area contributed by atoms with Crippen LogP contribution < -0.4 is 0 Å². The van der Waals surface area contributed by atoms with E-state index in [1.54, 1.807) is 0 Å². The molecule has 0 aliphatic carbocycles. The van der Waals surface area contributed by atoms with Crippen molar-refractivity contribution in [3.63, 3.8) is 0 Å². The quantitative estimate of drug-likeness (QED) is 0.728. The SMILES string of the molecule is COC(CC(F)(C(F)(F)F)C(F)(F)F)c1ccc(F)cc1. The van der Waals surface area contributed by atoms with Crippen molar-refractivity contribution < 1.29 is 39.9 Å². The predicted molar refractivity (Wildman–Crippen MR) is 56.7 cm³/mol. The molecule has 1 atom stereocenters. The number of halogens is 8. The molecule has 0 aliphatic rings. The van der Waals surface area contributed by atoms with Gasteiger partial charge >= 0.3 is 18.0 Å². The molecule has 0 saturated heterocycles. The molecule has 9 heteroatoms. The summed E-state index contributed by atoms with van der Waals surface area (Å²) in [6, 6.07) is 3.50. The lowest BCUT2D eigenvalue weighted by atomic mass is 9.92. The van der Waals surface area contributed by atoms with E-state index >= 15 is 0 Å². The van der Waals surface area contributed by atoms with E-state index in [4.69, 9.17) is 0 Å². The first-order valence-corrected chi connectivity index (χ1v) is 5.53. The summed E-state index contributed by atoms with van der Waals surface area (Å²) in [5.74, 6) is -0.744. The Morgan fingerprint density at radius 2 is 1.33 bits per heavy atom. The molecule has 0 radical (unpaired) electrons. The van der Waals surface area contributed by atoms with Crippen LogP contribution in [-0.4, -0.2) is 25.1 Å². The fraction of sp³-hybridized carbons (Fsp3) is 0.500. The minimum Gasteiger partial charge on any atom is -0.377 e. The van der Waals surface area contributed by atoms with Gasteiger partial charge in [-0.3, -0.25) is 0 Å². The molecule has 1 aromatic rings. The second-order valence-corrected chi connectivity index (χ2v) is 4.28. The topological polar surface area (TPSA) is 9.23 Å². The third kappa shape index (κ3) is 3.63. The molecule has 0 spiro atoms. The standard InChI is InChI=1S/C12H10F8O/c1-21-9(7-2-4-8(13)5-3-7)6-10(14,11(15,16)17)12(18,19)20/h2-5,9H,6H2,1H3. The van der Waals surface area contributed by atoms with E-state index in [0.717, 1.165) is 31.4 Å². The molecule has 0 saturated carbocycles. The average Bonchev–Trinajstić information content (AvgIpc) is 2.34. The Morgan fingerprint density at radius 3 is 1.67 bits per heavy atom. The van der Waals surface area contributed by atoms with E-state index in [1.165, 1.54) is 0 Å². The van der Waals surface area contributed by atoms with Crippen molar-refractivity contribution in [2.75, 3.05) is 7.11 Å². The van der Waals surface area contributed by atoms with Gasteiger partial charge < -0.3 is 4.74 Å².